The van der Waals surface area contributed by atoms with E-state index in [4.69, 9.17) is 4.74 Å². The van der Waals surface area contributed by atoms with Gasteiger partial charge in [-0.1, -0.05) is 48.0 Å². The number of aryl methyl sites for hydroxylation is 2. The van der Waals surface area contributed by atoms with Gasteiger partial charge in [-0.3, -0.25) is 9.52 Å². The highest BCUT2D eigenvalue weighted by atomic mass is 32.2. The molecule has 32 heavy (non-hydrogen) atoms. The van der Waals surface area contributed by atoms with E-state index in [1.807, 2.05) is 44.2 Å². The number of anilines is 1. The number of rotatable bonds is 10. The summed E-state index contributed by atoms with van der Waals surface area (Å²) in [6.45, 7) is 3.76. The van der Waals surface area contributed by atoms with Gasteiger partial charge in [0.05, 0.1) is 4.90 Å². The summed E-state index contributed by atoms with van der Waals surface area (Å²) in [5, 5.41) is 2.92. The zero-order chi connectivity index (χ0) is 23.0. The molecule has 168 valence electrons. The molecule has 2 N–H and O–H groups in total. The van der Waals surface area contributed by atoms with E-state index in [2.05, 4.69) is 22.2 Å². The maximum atomic E-state index is 12.5. The molecule has 0 aliphatic rings. The second kappa shape index (κ2) is 10.8. The average molecular weight is 453 g/mol. The first-order valence-electron chi connectivity index (χ1n) is 10.5. The molecule has 3 rings (SSSR count). The van der Waals surface area contributed by atoms with Crippen LogP contribution in [0.3, 0.4) is 0 Å². The van der Waals surface area contributed by atoms with Gasteiger partial charge in [0.25, 0.3) is 15.9 Å². The molecule has 0 heterocycles. The Hall–Kier alpha value is -3.32. The van der Waals surface area contributed by atoms with Crippen molar-refractivity contribution in [2.75, 3.05) is 11.3 Å². The molecule has 0 bridgehead atoms. The third-order valence-corrected chi connectivity index (χ3v) is 6.32. The largest absolute Gasteiger partial charge is 0.484 e. The van der Waals surface area contributed by atoms with Crippen LogP contribution in [0.15, 0.2) is 83.8 Å². The molecule has 0 aromatic heterocycles. The predicted molar refractivity (Wildman–Crippen MR) is 126 cm³/mol. The van der Waals surface area contributed by atoms with Gasteiger partial charge in [-0.05, 0) is 68.7 Å². The number of hydrogen-bond donors (Lipinski definition) is 2. The second-order valence-corrected chi connectivity index (χ2v) is 9.41. The SMILES string of the molecule is Cc1ccc(NS(=O)(=O)c2ccc(OCC(=O)N[C@@H](C)CCc3ccccc3)cc2)cc1. The van der Waals surface area contributed by atoms with Crippen LogP contribution in [0.1, 0.15) is 24.5 Å². The first-order chi connectivity index (χ1) is 15.3. The van der Waals surface area contributed by atoms with E-state index < -0.39 is 10.0 Å². The van der Waals surface area contributed by atoms with Gasteiger partial charge in [-0.2, -0.15) is 0 Å². The van der Waals surface area contributed by atoms with Crippen LogP contribution in [-0.2, 0) is 21.2 Å². The summed E-state index contributed by atoms with van der Waals surface area (Å²) in [5.74, 6) is 0.203. The lowest BCUT2D eigenvalue weighted by molar-refractivity contribution is -0.123. The van der Waals surface area contributed by atoms with Gasteiger partial charge < -0.3 is 10.1 Å². The second-order valence-electron chi connectivity index (χ2n) is 7.72. The molecule has 7 heteroatoms. The summed E-state index contributed by atoms with van der Waals surface area (Å²) in [6.07, 6.45) is 1.71. The fraction of sp³-hybridized carbons (Fsp3) is 0.240. The molecule has 3 aromatic rings. The van der Waals surface area contributed by atoms with Crippen molar-refractivity contribution < 1.29 is 17.9 Å². The van der Waals surface area contributed by atoms with Gasteiger partial charge >= 0.3 is 0 Å². The quantitative estimate of drug-likeness (QED) is 0.480. The Labute approximate surface area is 189 Å². The average Bonchev–Trinajstić information content (AvgIpc) is 2.79. The van der Waals surface area contributed by atoms with Gasteiger partial charge in [-0.15, -0.1) is 0 Å². The molecule has 6 nitrogen and oxygen atoms in total. The van der Waals surface area contributed by atoms with Crippen molar-refractivity contribution in [3.63, 3.8) is 0 Å². The monoisotopic (exact) mass is 452 g/mol. The van der Waals surface area contributed by atoms with Crippen molar-refractivity contribution in [3.05, 3.63) is 90.0 Å². The van der Waals surface area contributed by atoms with E-state index in [1.165, 1.54) is 29.8 Å². The van der Waals surface area contributed by atoms with Crippen molar-refractivity contribution in [3.8, 4) is 5.75 Å². The third-order valence-electron chi connectivity index (χ3n) is 4.92. The van der Waals surface area contributed by atoms with E-state index in [1.54, 1.807) is 12.1 Å². The highest BCUT2D eigenvalue weighted by molar-refractivity contribution is 7.92. The molecule has 0 unspecified atom stereocenters. The molecule has 1 amide bonds. The normalized spacial score (nSPS) is 12.1. The Morgan fingerprint density at radius 2 is 1.59 bits per heavy atom. The lowest BCUT2D eigenvalue weighted by Crippen LogP contribution is -2.36. The highest BCUT2D eigenvalue weighted by Gasteiger charge is 2.14. The number of hydrogen-bond acceptors (Lipinski definition) is 4. The fourth-order valence-electron chi connectivity index (χ4n) is 3.12. The predicted octanol–water partition coefficient (Wildman–Crippen LogP) is 4.31. The molecular formula is C25H28N2O4S. The zero-order valence-corrected chi connectivity index (χ0v) is 19.1. The lowest BCUT2D eigenvalue weighted by atomic mass is 10.1. The minimum Gasteiger partial charge on any atom is -0.484 e. The van der Waals surface area contributed by atoms with Crippen LogP contribution in [0.25, 0.3) is 0 Å². The van der Waals surface area contributed by atoms with Gasteiger partial charge in [0.2, 0.25) is 0 Å². The number of amides is 1. The van der Waals surface area contributed by atoms with Crippen LogP contribution < -0.4 is 14.8 Å². The van der Waals surface area contributed by atoms with Gasteiger partial charge in [0, 0.05) is 11.7 Å². The molecule has 0 fully saturated rings. The summed E-state index contributed by atoms with van der Waals surface area (Å²) >= 11 is 0. The highest BCUT2D eigenvalue weighted by Crippen LogP contribution is 2.19. The maximum absolute atomic E-state index is 12.5. The Bertz CT molecular complexity index is 1110. The molecule has 3 aromatic carbocycles. The molecule has 1 atom stereocenters. The summed E-state index contributed by atoms with van der Waals surface area (Å²) in [7, 11) is -3.70. The van der Waals surface area contributed by atoms with Crippen LogP contribution >= 0.6 is 0 Å². The van der Waals surface area contributed by atoms with Crippen LogP contribution in [0.4, 0.5) is 5.69 Å². The summed E-state index contributed by atoms with van der Waals surface area (Å²) in [4.78, 5) is 12.3. The van der Waals surface area contributed by atoms with Crippen LogP contribution in [0, 0.1) is 6.92 Å². The summed E-state index contributed by atoms with van der Waals surface area (Å²) in [6, 6.07) is 23.2. The number of ether oxygens (including phenoxy) is 1. The van der Waals surface area contributed by atoms with Gasteiger partial charge in [0.15, 0.2) is 6.61 Å². The fourth-order valence-corrected chi connectivity index (χ4v) is 4.17. The smallest absolute Gasteiger partial charge is 0.261 e. The van der Waals surface area contributed by atoms with Crippen molar-refractivity contribution in [2.45, 2.75) is 37.6 Å². The summed E-state index contributed by atoms with van der Waals surface area (Å²) in [5.41, 5.74) is 2.77. The van der Waals surface area contributed by atoms with Crippen molar-refractivity contribution in [1.29, 1.82) is 0 Å². The minimum absolute atomic E-state index is 0.0201. The van der Waals surface area contributed by atoms with Crippen molar-refractivity contribution in [2.24, 2.45) is 0 Å². The van der Waals surface area contributed by atoms with E-state index in [-0.39, 0.29) is 23.5 Å². The standard InChI is InChI=1S/C25H28N2O4S/c1-19-8-12-22(13-9-19)27-32(29,30)24-16-14-23(15-17-24)31-18-25(28)26-20(2)10-11-21-6-4-3-5-7-21/h3-9,12-17,20,27H,10-11,18H2,1-2H3,(H,26,28)/t20-/m0/s1. The number of carbonyl (C=O) groups is 1. The van der Waals surface area contributed by atoms with Crippen LogP contribution in [0.2, 0.25) is 0 Å². The van der Waals surface area contributed by atoms with Gasteiger partial charge in [-0.25, -0.2) is 8.42 Å². The number of benzene rings is 3. The third kappa shape index (κ3) is 7.13. The molecular weight excluding hydrogens is 424 g/mol. The van der Waals surface area contributed by atoms with E-state index in [9.17, 15) is 13.2 Å². The van der Waals surface area contributed by atoms with E-state index in [0.29, 0.717) is 11.4 Å². The summed E-state index contributed by atoms with van der Waals surface area (Å²) < 4.78 is 33.1. The Morgan fingerprint density at radius 1 is 0.938 bits per heavy atom. The molecule has 0 saturated heterocycles. The molecule has 0 aliphatic carbocycles. The van der Waals surface area contributed by atoms with Crippen molar-refractivity contribution >= 4 is 21.6 Å². The zero-order valence-electron chi connectivity index (χ0n) is 18.2. The molecule has 0 radical (unpaired) electrons. The Balaban J connectivity index is 1.46. The number of sulfonamides is 1. The topological polar surface area (TPSA) is 84.5 Å². The first kappa shape index (κ1) is 23.3. The van der Waals surface area contributed by atoms with Crippen LogP contribution in [-0.4, -0.2) is 27.0 Å². The van der Waals surface area contributed by atoms with E-state index >= 15 is 0 Å². The maximum Gasteiger partial charge on any atom is 0.261 e. The molecule has 0 spiro atoms. The van der Waals surface area contributed by atoms with Gasteiger partial charge in [0.1, 0.15) is 5.75 Å². The molecule has 0 aliphatic heterocycles. The lowest BCUT2D eigenvalue weighted by Gasteiger charge is -2.14. The first-order valence-corrected chi connectivity index (χ1v) is 12.0. The molecule has 0 saturated carbocycles. The number of nitrogens with one attached hydrogen (secondary N) is 2. The minimum atomic E-state index is -3.70. The Morgan fingerprint density at radius 3 is 2.25 bits per heavy atom. The van der Waals surface area contributed by atoms with Crippen LogP contribution in [0.5, 0.6) is 5.75 Å². The van der Waals surface area contributed by atoms with Crippen molar-refractivity contribution in [1.82, 2.24) is 5.32 Å². The Kier molecular flexibility index (Phi) is 7.89. The van der Waals surface area contributed by atoms with E-state index in [0.717, 1.165) is 18.4 Å². The number of carbonyl (C=O) groups excluding carboxylic acids is 1.